The van der Waals surface area contributed by atoms with Crippen LogP contribution in [0.15, 0.2) is 47.9 Å². The first-order valence-corrected chi connectivity index (χ1v) is 10.5. The van der Waals surface area contributed by atoms with Gasteiger partial charge in [-0.1, -0.05) is 11.8 Å². The minimum Gasteiger partial charge on any atom is -0.465 e. The van der Waals surface area contributed by atoms with E-state index in [1.807, 2.05) is 23.6 Å². The summed E-state index contributed by atoms with van der Waals surface area (Å²) in [6.07, 6.45) is 3.37. The van der Waals surface area contributed by atoms with Gasteiger partial charge in [0.05, 0.1) is 36.8 Å². The number of amides is 1. The van der Waals surface area contributed by atoms with E-state index in [1.165, 1.54) is 44.2 Å². The summed E-state index contributed by atoms with van der Waals surface area (Å²) in [4.78, 5) is 40.6. The maximum absolute atomic E-state index is 12.6. The van der Waals surface area contributed by atoms with Crippen LogP contribution in [0.4, 0.5) is 5.69 Å². The van der Waals surface area contributed by atoms with E-state index in [0.717, 1.165) is 5.56 Å². The van der Waals surface area contributed by atoms with E-state index in [1.54, 1.807) is 12.4 Å². The van der Waals surface area contributed by atoms with Crippen molar-refractivity contribution < 1.29 is 23.9 Å². The average Bonchev–Trinajstić information content (AvgIpc) is 3.25. The summed E-state index contributed by atoms with van der Waals surface area (Å²) >= 11 is 1.20. The Labute approximate surface area is 188 Å². The summed E-state index contributed by atoms with van der Waals surface area (Å²) in [5.74, 6) is -0.965. The van der Waals surface area contributed by atoms with Gasteiger partial charge < -0.3 is 19.4 Å². The molecule has 0 aliphatic carbocycles. The molecule has 11 heteroatoms. The second-order valence-corrected chi connectivity index (χ2v) is 7.32. The summed E-state index contributed by atoms with van der Waals surface area (Å²) in [7, 11) is 2.48. The fourth-order valence-electron chi connectivity index (χ4n) is 2.89. The predicted molar refractivity (Wildman–Crippen MR) is 117 cm³/mol. The second kappa shape index (κ2) is 10.5. The Balaban J connectivity index is 1.76. The highest BCUT2D eigenvalue weighted by molar-refractivity contribution is 7.99. The van der Waals surface area contributed by atoms with Crippen LogP contribution in [0, 0.1) is 0 Å². The van der Waals surface area contributed by atoms with Crippen LogP contribution < -0.4 is 5.32 Å². The Kier molecular flexibility index (Phi) is 7.55. The van der Waals surface area contributed by atoms with Crippen molar-refractivity contribution in [3.63, 3.8) is 0 Å². The minimum absolute atomic E-state index is 0.00817. The van der Waals surface area contributed by atoms with Crippen LogP contribution in [0.25, 0.3) is 11.4 Å². The van der Waals surface area contributed by atoms with Crippen molar-refractivity contribution in [1.82, 2.24) is 19.7 Å². The van der Waals surface area contributed by atoms with Crippen LogP contribution in [0.1, 0.15) is 27.6 Å². The molecule has 1 N–H and O–H groups in total. The van der Waals surface area contributed by atoms with Crippen molar-refractivity contribution in [3.8, 4) is 11.4 Å². The number of methoxy groups -OCH3 is 2. The van der Waals surface area contributed by atoms with Crippen LogP contribution in [0.5, 0.6) is 0 Å². The summed E-state index contributed by atoms with van der Waals surface area (Å²) < 4.78 is 11.3. The monoisotopic (exact) mass is 455 g/mol. The lowest BCUT2D eigenvalue weighted by Gasteiger charge is -2.11. The van der Waals surface area contributed by atoms with E-state index < -0.39 is 17.8 Å². The molecule has 0 radical (unpaired) electrons. The number of carbonyl (C=O) groups excluding carboxylic acids is 3. The number of esters is 2. The Bertz CT molecular complexity index is 1130. The van der Waals surface area contributed by atoms with Gasteiger partial charge in [0.1, 0.15) is 0 Å². The quantitative estimate of drug-likeness (QED) is 0.403. The molecule has 0 bridgehead atoms. The Hall–Kier alpha value is -3.73. The van der Waals surface area contributed by atoms with Crippen molar-refractivity contribution in [2.45, 2.75) is 18.6 Å². The first-order valence-electron chi connectivity index (χ1n) is 9.55. The van der Waals surface area contributed by atoms with Gasteiger partial charge in [0.15, 0.2) is 11.0 Å². The standard InChI is InChI=1S/C21H21N5O5S/c1-4-26-18(14-6-5-9-22-11-14)24-25-21(26)32-12-17(27)23-16-10-13(19(28)30-2)7-8-15(16)20(29)31-3/h5-11H,4,12H2,1-3H3,(H,23,27). The number of hydrogen-bond acceptors (Lipinski definition) is 9. The van der Waals surface area contributed by atoms with E-state index in [4.69, 9.17) is 9.47 Å². The number of benzene rings is 1. The third-order valence-corrected chi connectivity index (χ3v) is 5.37. The first-order chi connectivity index (χ1) is 15.5. The summed E-state index contributed by atoms with van der Waals surface area (Å²) in [6.45, 7) is 2.56. The van der Waals surface area contributed by atoms with Crippen molar-refractivity contribution in [3.05, 3.63) is 53.9 Å². The number of aromatic nitrogens is 4. The predicted octanol–water partition coefficient (Wildman–Crippen LogP) is 2.66. The van der Waals surface area contributed by atoms with Crippen LogP contribution in [-0.4, -0.2) is 57.6 Å². The SMILES string of the molecule is CCn1c(SCC(=O)Nc2cc(C(=O)OC)ccc2C(=O)OC)nnc1-c1cccnc1. The van der Waals surface area contributed by atoms with Crippen LogP contribution in [0.3, 0.4) is 0 Å². The smallest absolute Gasteiger partial charge is 0.339 e. The fourth-order valence-corrected chi connectivity index (χ4v) is 3.69. The van der Waals surface area contributed by atoms with Gasteiger partial charge in [0.2, 0.25) is 5.91 Å². The number of pyridine rings is 1. The summed E-state index contributed by atoms with van der Waals surface area (Å²) in [5.41, 5.74) is 1.28. The molecular formula is C21H21N5O5S. The van der Waals surface area contributed by atoms with E-state index in [9.17, 15) is 14.4 Å². The molecule has 0 aliphatic rings. The number of thioether (sulfide) groups is 1. The number of anilines is 1. The van der Waals surface area contributed by atoms with Gasteiger partial charge in [0, 0.05) is 24.5 Å². The molecule has 2 heterocycles. The van der Waals surface area contributed by atoms with E-state index >= 15 is 0 Å². The van der Waals surface area contributed by atoms with Gasteiger partial charge in [0.25, 0.3) is 0 Å². The highest BCUT2D eigenvalue weighted by Crippen LogP contribution is 2.24. The van der Waals surface area contributed by atoms with Crippen LogP contribution in [-0.2, 0) is 20.8 Å². The molecule has 2 aromatic heterocycles. The van der Waals surface area contributed by atoms with Crippen molar-refractivity contribution in [2.75, 3.05) is 25.3 Å². The van der Waals surface area contributed by atoms with E-state index in [-0.39, 0.29) is 22.6 Å². The molecule has 0 atom stereocenters. The normalized spacial score (nSPS) is 10.5. The number of rotatable bonds is 8. The van der Waals surface area contributed by atoms with Gasteiger partial charge in [-0.3, -0.25) is 9.78 Å². The molecule has 0 saturated carbocycles. The van der Waals surface area contributed by atoms with Crippen molar-refractivity contribution in [1.29, 1.82) is 0 Å². The maximum atomic E-state index is 12.6. The third kappa shape index (κ3) is 5.11. The molecule has 0 unspecified atom stereocenters. The Morgan fingerprint density at radius 1 is 1.09 bits per heavy atom. The second-order valence-electron chi connectivity index (χ2n) is 6.37. The zero-order valence-electron chi connectivity index (χ0n) is 17.7. The van der Waals surface area contributed by atoms with E-state index in [2.05, 4.69) is 20.5 Å². The molecule has 3 aromatic rings. The average molecular weight is 455 g/mol. The molecule has 0 aliphatic heterocycles. The zero-order valence-corrected chi connectivity index (χ0v) is 18.5. The Morgan fingerprint density at radius 3 is 2.53 bits per heavy atom. The number of carbonyl (C=O) groups is 3. The minimum atomic E-state index is -0.642. The van der Waals surface area contributed by atoms with Gasteiger partial charge in [-0.15, -0.1) is 10.2 Å². The zero-order chi connectivity index (χ0) is 23.1. The molecule has 1 aromatic carbocycles. The molecule has 0 fully saturated rings. The Morgan fingerprint density at radius 2 is 1.88 bits per heavy atom. The van der Waals surface area contributed by atoms with Gasteiger partial charge in [-0.25, -0.2) is 9.59 Å². The first kappa shape index (κ1) is 22.9. The largest absolute Gasteiger partial charge is 0.465 e. The molecule has 3 rings (SSSR count). The lowest BCUT2D eigenvalue weighted by Crippen LogP contribution is -2.18. The summed E-state index contributed by atoms with van der Waals surface area (Å²) in [5, 5.41) is 11.6. The number of ether oxygens (including phenoxy) is 2. The molecule has 0 spiro atoms. The molecule has 166 valence electrons. The molecule has 32 heavy (non-hydrogen) atoms. The topological polar surface area (TPSA) is 125 Å². The third-order valence-electron chi connectivity index (χ3n) is 4.41. The molecule has 1 amide bonds. The van der Waals surface area contributed by atoms with Crippen LogP contribution in [0.2, 0.25) is 0 Å². The van der Waals surface area contributed by atoms with Gasteiger partial charge in [-0.05, 0) is 37.3 Å². The molecular weight excluding hydrogens is 434 g/mol. The lowest BCUT2D eigenvalue weighted by atomic mass is 10.1. The summed E-state index contributed by atoms with van der Waals surface area (Å²) in [6, 6.07) is 7.88. The van der Waals surface area contributed by atoms with Crippen molar-refractivity contribution in [2.24, 2.45) is 0 Å². The van der Waals surface area contributed by atoms with Crippen molar-refractivity contribution >= 4 is 35.3 Å². The number of nitrogens with one attached hydrogen (secondary N) is 1. The highest BCUT2D eigenvalue weighted by atomic mass is 32.2. The lowest BCUT2D eigenvalue weighted by molar-refractivity contribution is -0.113. The maximum Gasteiger partial charge on any atom is 0.339 e. The number of nitrogens with zero attached hydrogens (tertiary/aromatic N) is 4. The highest BCUT2D eigenvalue weighted by Gasteiger charge is 2.19. The van der Waals surface area contributed by atoms with Gasteiger partial charge >= 0.3 is 11.9 Å². The molecule has 10 nitrogen and oxygen atoms in total. The van der Waals surface area contributed by atoms with Crippen LogP contribution >= 0.6 is 11.8 Å². The van der Waals surface area contributed by atoms with E-state index in [0.29, 0.717) is 17.5 Å². The van der Waals surface area contributed by atoms with Gasteiger partial charge in [-0.2, -0.15) is 0 Å². The number of hydrogen-bond donors (Lipinski definition) is 1. The fraction of sp³-hybridized carbons (Fsp3) is 0.238. The molecule has 0 saturated heterocycles.